The van der Waals surface area contributed by atoms with E-state index >= 15 is 0 Å². The molecule has 0 fully saturated rings. The van der Waals surface area contributed by atoms with E-state index in [4.69, 9.17) is 4.74 Å². The second-order valence-electron chi connectivity index (χ2n) is 3.91. The second-order valence-corrected chi connectivity index (χ2v) is 3.91. The summed E-state index contributed by atoms with van der Waals surface area (Å²) in [5.41, 5.74) is 2.62. The van der Waals surface area contributed by atoms with E-state index in [1.165, 1.54) is 17.5 Å². The van der Waals surface area contributed by atoms with E-state index in [-0.39, 0.29) is 0 Å². The van der Waals surface area contributed by atoms with Crippen LogP contribution in [0.25, 0.3) is 0 Å². The summed E-state index contributed by atoms with van der Waals surface area (Å²) in [7, 11) is 0. The normalized spacial score (nSPS) is 16.0. The van der Waals surface area contributed by atoms with Crippen molar-refractivity contribution in [2.24, 2.45) is 0 Å². The first-order chi connectivity index (χ1) is 7.70. The third-order valence-electron chi connectivity index (χ3n) is 2.25. The lowest BCUT2D eigenvalue weighted by molar-refractivity contribution is 0.335. The summed E-state index contributed by atoms with van der Waals surface area (Å²) in [5.74, 6) is 1.69. The molecule has 0 unspecified atom stereocenters. The van der Waals surface area contributed by atoms with Crippen LogP contribution in [0.4, 0.5) is 0 Å². The Morgan fingerprint density at radius 1 is 1.25 bits per heavy atom. The Morgan fingerprint density at radius 2 is 1.81 bits per heavy atom. The lowest BCUT2D eigenvalue weighted by Gasteiger charge is -2.01. The minimum absolute atomic E-state index is 0.574. The highest BCUT2D eigenvalue weighted by Gasteiger charge is 2.20. The standard InChI is InChI=1S/C10H12O.C3H8.C2H6/c1-7-4-3-5-9-8(2)6-11-10(7)9;1-3-2;1-2/h3-5,8H,6H2,1-2H3;3H2,1-2H3;1-2H3/t8-;;/m1../s1. The smallest absolute Gasteiger partial charge is 0.125 e. The number of aryl methyl sites for hydroxylation is 1. The molecule has 1 heterocycles. The molecule has 0 aliphatic carbocycles. The fourth-order valence-corrected chi connectivity index (χ4v) is 1.56. The highest BCUT2D eigenvalue weighted by Crippen LogP contribution is 2.35. The monoisotopic (exact) mass is 222 g/mol. The third-order valence-corrected chi connectivity index (χ3v) is 2.25. The van der Waals surface area contributed by atoms with Gasteiger partial charge in [0.2, 0.25) is 0 Å². The van der Waals surface area contributed by atoms with Gasteiger partial charge >= 0.3 is 0 Å². The molecule has 0 spiro atoms. The van der Waals surface area contributed by atoms with Gasteiger partial charge in [-0.1, -0.05) is 59.2 Å². The van der Waals surface area contributed by atoms with Gasteiger partial charge < -0.3 is 4.74 Å². The first-order valence-electron chi connectivity index (χ1n) is 6.43. The van der Waals surface area contributed by atoms with Crippen LogP contribution in [0.3, 0.4) is 0 Å². The van der Waals surface area contributed by atoms with Gasteiger partial charge in [0.15, 0.2) is 0 Å². The van der Waals surface area contributed by atoms with Gasteiger partial charge in [-0.15, -0.1) is 0 Å². The van der Waals surface area contributed by atoms with E-state index in [9.17, 15) is 0 Å². The van der Waals surface area contributed by atoms with Crippen LogP contribution in [0, 0.1) is 6.92 Å². The maximum absolute atomic E-state index is 5.54. The Hall–Kier alpha value is -0.980. The highest BCUT2D eigenvalue weighted by molar-refractivity contribution is 5.45. The number of hydrogen-bond acceptors (Lipinski definition) is 1. The first kappa shape index (κ1) is 15.0. The molecule has 1 heteroatoms. The molecule has 0 bridgehead atoms. The van der Waals surface area contributed by atoms with Crippen LogP contribution in [0.1, 0.15) is 58.1 Å². The molecule has 0 amide bonds. The summed E-state index contributed by atoms with van der Waals surface area (Å²) in [6, 6.07) is 6.34. The predicted octanol–water partition coefficient (Wildman–Crippen LogP) is 4.93. The van der Waals surface area contributed by atoms with Gasteiger partial charge in [-0.25, -0.2) is 0 Å². The van der Waals surface area contributed by atoms with Crippen molar-refractivity contribution < 1.29 is 4.74 Å². The molecule has 0 saturated heterocycles. The van der Waals surface area contributed by atoms with Crippen molar-refractivity contribution in [3.8, 4) is 5.75 Å². The zero-order valence-electron chi connectivity index (χ0n) is 11.6. The molecule has 1 atom stereocenters. The van der Waals surface area contributed by atoms with Gasteiger partial charge in [0.25, 0.3) is 0 Å². The Kier molecular flexibility index (Phi) is 7.70. The number of fused-ring (bicyclic) bond motifs is 1. The van der Waals surface area contributed by atoms with Gasteiger partial charge in [0, 0.05) is 11.5 Å². The lowest BCUT2D eigenvalue weighted by atomic mass is 10.0. The fourth-order valence-electron chi connectivity index (χ4n) is 1.56. The van der Waals surface area contributed by atoms with Gasteiger partial charge in [-0.3, -0.25) is 0 Å². The van der Waals surface area contributed by atoms with Crippen molar-refractivity contribution in [2.75, 3.05) is 6.61 Å². The molecule has 2 rings (SSSR count). The average molecular weight is 222 g/mol. The van der Waals surface area contributed by atoms with Gasteiger partial charge in [-0.05, 0) is 12.5 Å². The molecule has 1 aromatic carbocycles. The highest BCUT2D eigenvalue weighted by atomic mass is 16.5. The van der Waals surface area contributed by atoms with Crippen LogP contribution in [-0.4, -0.2) is 6.61 Å². The first-order valence-corrected chi connectivity index (χ1v) is 6.43. The van der Waals surface area contributed by atoms with E-state index in [0.717, 1.165) is 12.4 Å². The molecular weight excluding hydrogens is 196 g/mol. The zero-order chi connectivity index (χ0) is 12.6. The maximum atomic E-state index is 5.54. The minimum atomic E-state index is 0.574. The summed E-state index contributed by atoms with van der Waals surface area (Å²) in [5, 5.41) is 0. The van der Waals surface area contributed by atoms with Gasteiger partial charge in [0.05, 0.1) is 6.61 Å². The fraction of sp³-hybridized carbons (Fsp3) is 0.600. The number of hydrogen-bond donors (Lipinski definition) is 0. The molecule has 0 saturated carbocycles. The summed E-state index contributed by atoms with van der Waals surface area (Å²) < 4.78 is 5.54. The second kappa shape index (κ2) is 8.20. The molecule has 1 aromatic rings. The van der Waals surface area contributed by atoms with Crippen LogP contribution >= 0.6 is 0 Å². The Balaban J connectivity index is 0.000000394. The Bertz CT molecular complexity index is 291. The van der Waals surface area contributed by atoms with Crippen molar-refractivity contribution >= 4 is 0 Å². The van der Waals surface area contributed by atoms with Crippen molar-refractivity contribution in [2.45, 2.75) is 53.9 Å². The summed E-state index contributed by atoms with van der Waals surface area (Å²) in [6.07, 6.45) is 1.25. The van der Waals surface area contributed by atoms with Crippen LogP contribution in [0.2, 0.25) is 0 Å². The van der Waals surface area contributed by atoms with E-state index in [0.29, 0.717) is 5.92 Å². The molecule has 1 aliphatic rings. The molecule has 16 heavy (non-hydrogen) atoms. The molecule has 92 valence electrons. The molecule has 0 aromatic heterocycles. The van der Waals surface area contributed by atoms with Gasteiger partial charge in [-0.2, -0.15) is 0 Å². The Labute approximate surface area is 101 Å². The molecule has 0 N–H and O–H groups in total. The summed E-state index contributed by atoms with van der Waals surface area (Å²) in [4.78, 5) is 0. The Morgan fingerprint density at radius 3 is 2.31 bits per heavy atom. The number of ether oxygens (including phenoxy) is 1. The molecular formula is C15H26O. The largest absolute Gasteiger partial charge is 0.492 e. The third kappa shape index (κ3) is 3.88. The minimum Gasteiger partial charge on any atom is -0.492 e. The number of rotatable bonds is 0. The van der Waals surface area contributed by atoms with E-state index < -0.39 is 0 Å². The van der Waals surface area contributed by atoms with Crippen LogP contribution in [0.15, 0.2) is 18.2 Å². The van der Waals surface area contributed by atoms with Crippen LogP contribution in [0.5, 0.6) is 5.75 Å². The van der Waals surface area contributed by atoms with Crippen molar-refractivity contribution in [1.29, 1.82) is 0 Å². The van der Waals surface area contributed by atoms with E-state index in [1.54, 1.807) is 0 Å². The molecule has 1 nitrogen and oxygen atoms in total. The quantitative estimate of drug-likeness (QED) is 0.604. The zero-order valence-corrected chi connectivity index (χ0v) is 11.6. The summed E-state index contributed by atoms with van der Waals surface area (Å²) >= 11 is 0. The average Bonchev–Trinajstić information content (AvgIpc) is 2.66. The summed E-state index contributed by atoms with van der Waals surface area (Å²) in [6.45, 7) is 13.4. The topological polar surface area (TPSA) is 9.23 Å². The van der Waals surface area contributed by atoms with E-state index in [2.05, 4.69) is 45.9 Å². The number of para-hydroxylation sites is 1. The van der Waals surface area contributed by atoms with Crippen molar-refractivity contribution in [1.82, 2.24) is 0 Å². The van der Waals surface area contributed by atoms with Crippen LogP contribution in [-0.2, 0) is 0 Å². The van der Waals surface area contributed by atoms with Crippen molar-refractivity contribution in [3.63, 3.8) is 0 Å². The molecule has 0 radical (unpaired) electrons. The van der Waals surface area contributed by atoms with Crippen LogP contribution < -0.4 is 4.74 Å². The number of benzene rings is 1. The lowest BCUT2D eigenvalue weighted by Crippen LogP contribution is -1.93. The van der Waals surface area contributed by atoms with E-state index in [1.807, 2.05) is 13.8 Å². The maximum Gasteiger partial charge on any atom is 0.125 e. The predicted molar refractivity (Wildman–Crippen MR) is 72.4 cm³/mol. The van der Waals surface area contributed by atoms with Gasteiger partial charge in [0.1, 0.15) is 5.75 Å². The van der Waals surface area contributed by atoms with Crippen molar-refractivity contribution in [3.05, 3.63) is 29.3 Å². The molecule has 1 aliphatic heterocycles. The SMILES string of the molecule is CC.CCC.Cc1cccc2c1OC[C@H]2C.